The number of amides is 1. The van der Waals surface area contributed by atoms with Crippen LogP contribution in [0.15, 0.2) is 18.2 Å². The maximum atomic E-state index is 12.1. The van der Waals surface area contributed by atoms with E-state index < -0.39 is 0 Å². The number of ether oxygens (including phenoxy) is 1. The van der Waals surface area contributed by atoms with E-state index in [-0.39, 0.29) is 17.7 Å². The zero-order valence-electron chi connectivity index (χ0n) is 12.0. The van der Waals surface area contributed by atoms with Gasteiger partial charge in [0.05, 0.1) is 7.11 Å². The first-order chi connectivity index (χ1) is 9.63. The Morgan fingerprint density at radius 3 is 2.45 bits per heavy atom. The van der Waals surface area contributed by atoms with Gasteiger partial charge >= 0.3 is 0 Å². The molecule has 0 aromatic heterocycles. The number of aromatic hydroxyl groups is 1. The van der Waals surface area contributed by atoms with Crippen molar-refractivity contribution in [2.24, 2.45) is 0 Å². The van der Waals surface area contributed by atoms with Crippen molar-refractivity contribution in [1.82, 2.24) is 10.6 Å². The zero-order chi connectivity index (χ0) is 14.5. The molecule has 1 amide bonds. The third kappa shape index (κ3) is 3.42. The summed E-state index contributed by atoms with van der Waals surface area (Å²) < 4.78 is 4.97. The number of carbonyl (C=O) groups is 1. The van der Waals surface area contributed by atoms with Crippen molar-refractivity contribution in [3.05, 3.63) is 23.8 Å². The predicted molar refractivity (Wildman–Crippen MR) is 77.2 cm³/mol. The summed E-state index contributed by atoms with van der Waals surface area (Å²) in [5, 5.41) is 16.0. The van der Waals surface area contributed by atoms with Crippen LogP contribution < -0.4 is 15.4 Å². The smallest absolute Gasteiger partial charge is 0.251 e. The van der Waals surface area contributed by atoms with E-state index in [9.17, 15) is 9.90 Å². The summed E-state index contributed by atoms with van der Waals surface area (Å²) in [7, 11) is 3.46. The molecule has 1 aromatic carbocycles. The Bertz CT molecular complexity index is 468. The maximum Gasteiger partial charge on any atom is 0.251 e. The number of benzene rings is 1. The molecule has 1 aromatic rings. The van der Waals surface area contributed by atoms with Crippen molar-refractivity contribution >= 4 is 5.91 Å². The van der Waals surface area contributed by atoms with Crippen molar-refractivity contribution in [2.45, 2.75) is 37.8 Å². The molecule has 0 saturated heterocycles. The van der Waals surface area contributed by atoms with Gasteiger partial charge in [-0.2, -0.15) is 0 Å². The van der Waals surface area contributed by atoms with Crippen molar-refractivity contribution in [3.8, 4) is 11.5 Å². The summed E-state index contributed by atoms with van der Waals surface area (Å²) >= 11 is 0. The van der Waals surface area contributed by atoms with Gasteiger partial charge in [-0.25, -0.2) is 0 Å². The fourth-order valence-electron chi connectivity index (χ4n) is 2.63. The minimum absolute atomic E-state index is 0.0148. The molecule has 0 bridgehead atoms. The predicted octanol–water partition coefficient (Wildman–Crippen LogP) is 1.66. The number of phenolic OH excluding ortho intramolecular Hbond substituents is 1. The van der Waals surface area contributed by atoms with Crippen LogP contribution in [0.2, 0.25) is 0 Å². The van der Waals surface area contributed by atoms with Crippen LogP contribution in [-0.2, 0) is 0 Å². The van der Waals surface area contributed by atoms with Crippen molar-refractivity contribution < 1.29 is 14.6 Å². The quantitative estimate of drug-likeness (QED) is 0.783. The average molecular weight is 278 g/mol. The Labute approximate surface area is 119 Å². The summed E-state index contributed by atoms with van der Waals surface area (Å²) in [6.07, 6.45) is 4.13. The van der Waals surface area contributed by atoms with Crippen LogP contribution in [0.3, 0.4) is 0 Å². The summed E-state index contributed by atoms with van der Waals surface area (Å²) in [6, 6.07) is 5.48. The van der Waals surface area contributed by atoms with E-state index in [1.54, 1.807) is 12.1 Å². The number of phenols is 1. The Balaban J connectivity index is 1.93. The van der Waals surface area contributed by atoms with Crippen LogP contribution in [0.1, 0.15) is 36.0 Å². The molecular formula is C15H22N2O3. The van der Waals surface area contributed by atoms with E-state index >= 15 is 0 Å². The lowest BCUT2D eigenvalue weighted by molar-refractivity contribution is 0.0924. The van der Waals surface area contributed by atoms with Gasteiger partial charge in [0, 0.05) is 17.6 Å². The highest BCUT2D eigenvalue weighted by molar-refractivity contribution is 5.95. The number of carbonyl (C=O) groups excluding carboxylic acids is 1. The second kappa shape index (κ2) is 6.61. The molecule has 1 aliphatic rings. The van der Waals surface area contributed by atoms with Gasteiger partial charge in [-0.3, -0.25) is 4.79 Å². The second-order valence-electron chi connectivity index (χ2n) is 5.20. The van der Waals surface area contributed by atoms with E-state index in [1.165, 1.54) is 13.2 Å². The Morgan fingerprint density at radius 2 is 1.90 bits per heavy atom. The van der Waals surface area contributed by atoms with Gasteiger partial charge in [0.15, 0.2) is 11.5 Å². The molecule has 0 unspecified atom stereocenters. The lowest BCUT2D eigenvalue weighted by Gasteiger charge is -2.28. The molecule has 1 fully saturated rings. The standard InChI is InChI=1S/C15H22N2O3/c1-16-11-4-6-12(7-5-11)17-15(19)10-3-8-14(20-2)13(18)9-10/h3,8-9,11-12,16,18H,4-7H2,1-2H3,(H,17,19). The van der Waals surface area contributed by atoms with E-state index in [0.29, 0.717) is 17.4 Å². The number of nitrogens with one attached hydrogen (secondary N) is 2. The van der Waals surface area contributed by atoms with Crippen LogP contribution in [0, 0.1) is 0 Å². The highest BCUT2D eigenvalue weighted by atomic mass is 16.5. The van der Waals surface area contributed by atoms with Gasteiger partial charge in [0.2, 0.25) is 0 Å². The topological polar surface area (TPSA) is 70.6 Å². The molecule has 0 spiro atoms. The molecule has 0 heterocycles. The van der Waals surface area contributed by atoms with E-state index in [2.05, 4.69) is 10.6 Å². The third-order valence-corrected chi connectivity index (χ3v) is 3.91. The number of methoxy groups -OCH3 is 1. The molecule has 110 valence electrons. The van der Waals surface area contributed by atoms with Crippen LogP contribution in [0.25, 0.3) is 0 Å². The van der Waals surface area contributed by atoms with Crippen LogP contribution in [0.4, 0.5) is 0 Å². The molecule has 0 atom stereocenters. The van der Waals surface area contributed by atoms with Crippen molar-refractivity contribution in [3.63, 3.8) is 0 Å². The Hall–Kier alpha value is -1.75. The first-order valence-electron chi connectivity index (χ1n) is 6.99. The molecule has 3 N–H and O–H groups in total. The molecule has 1 aliphatic carbocycles. The van der Waals surface area contributed by atoms with Crippen LogP contribution in [-0.4, -0.2) is 37.3 Å². The number of rotatable bonds is 4. The maximum absolute atomic E-state index is 12.1. The SMILES string of the molecule is CNC1CCC(NC(=O)c2ccc(OC)c(O)c2)CC1. The summed E-state index contributed by atoms with van der Waals surface area (Å²) in [5.41, 5.74) is 0.457. The molecular weight excluding hydrogens is 256 g/mol. The van der Waals surface area contributed by atoms with Gasteiger partial charge in [-0.1, -0.05) is 0 Å². The lowest BCUT2D eigenvalue weighted by Crippen LogP contribution is -2.41. The minimum Gasteiger partial charge on any atom is -0.504 e. The van der Waals surface area contributed by atoms with Crippen LogP contribution >= 0.6 is 0 Å². The fourth-order valence-corrected chi connectivity index (χ4v) is 2.63. The molecule has 20 heavy (non-hydrogen) atoms. The normalized spacial score (nSPS) is 22.3. The van der Waals surface area contributed by atoms with E-state index in [4.69, 9.17) is 4.74 Å². The van der Waals surface area contributed by atoms with E-state index in [0.717, 1.165) is 25.7 Å². The Morgan fingerprint density at radius 1 is 1.25 bits per heavy atom. The highest BCUT2D eigenvalue weighted by Crippen LogP contribution is 2.26. The summed E-state index contributed by atoms with van der Waals surface area (Å²) in [4.78, 5) is 12.1. The van der Waals surface area contributed by atoms with Gasteiger partial charge in [-0.15, -0.1) is 0 Å². The molecule has 0 radical (unpaired) electrons. The minimum atomic E-state index is -0.143. The lowest BCUT2D eigenvalue weighted by atomic mass is 9.91. The number of hydrogen-bond donors (Lipinski definition) is 3. The summed E-state index contributed by atoms with van der Waals surface area (Å²) in [5.74, 6) is 0.214. The van der Waals surface area contributed by atoms with Gasteiger partial charge in [0.1, 0.15) is 0 Å². The van der Waals surface area contributed by atoms with Gasteiger partial charge in [-0.05, 0) is 50.9 Å². The first-order valence-corrected chi connectivity index (χ1v) is 6.99. The molecule has 5 heteroatoms. The fraction of sp³-hybridized carbons (Fsp3) is 0.533. The third-order valence-electron chi connectivity index (χ3n) is 3.91. The molecule has 1 saturated carbocycles. The largest absolute Gasteiger partial charge is 0.504 e. The monoisotopic (exact) mass is 278 g/mol. The highest BCUT2D eigenvalue weighted by Gasteiger charge is 2.22. The van der Waals surface area contributed by atoms with Crippen molar-refractivity contribution in [2.75, 3.05) is 14.2 Å². The summed E-state index contributed by atoms with van der Waals surface area (Å²) in [6.45, 7) is 0. The zero-order valence-corrected chi connectivity index (χ0v) is 12.0. The molecule has 0 aliphatic heterocycles. The van der Waals surface area contributed by atoms with E-state index in [1.807, 2.05) is 7.05 Å². The van der Waals surface area contributed by atoms with Crippen LogP contribution in [0.5, 0.6) is 11.5 Å². The first kappa shape index (κ1) is 14.7. The number of hydrogen-bond acceptors (Lipinski definition) is 4. The average Bonchev–Trinajstić information content (AvgIpc) is 2.48. The van der Waals surface area contributed by atoms with Gasteiger partial charge < -0.3 is 20.5 Å². The van der Waals surface area contributed by atoms with Gasteiger partial charge in [0.25, 0.3) is 5.91 Å². The molecule has 5 nitrogen and oxygen atoms in total. The Kier molecular flexibility index (Phi) is 4.84. The van der Waals surface area contributed by atoms with Crippen molar-refractivity contribution in [1.29, 1.82) is 0 Å². The second-order valence-corrected chi connectivity index (χ2v) is 5.20. The molecule has 2 rings (SSSR count).